The highest BCUT2D eigenvalue weighted by Crippen LogP contribution is 2.23. The number of tetrazole rings is 1. The number of carbonyl (C=O) groups is 2. The number of thioether (sulfide) groups is 1. The van der Waals surface area contributed by atoms with Gasteiger partial charge in [-0.2, -0.15) is 4.68 Å². The van der Waals surface area contributed by atoms with Crippen molar-refractivity contribution >= 4 is 23.8 Å². The van der Waals surface area contributed by atoms with Crippen LogP contribution < -0.4 is 0 Å². The van der Waals surface area contributed by atoms with Gasteiger partial charge in [-0.25, -0.2) is 4.79 Å². The zero-order valence-corrected chi connectivity index (χ0v) is 17.1. The number of amides is 2. The predicted molar refractivity (Wildman–Crippen MR) is 105 cm³/mol. The van der Waals surface area contributed by atoms with Gasteiger partial charge in [-0.15, -0.1) is 5.10 Å². The lowest BCUT2D eigenvalue weighted by molar-refractivity contribution is -0.129. The average Bonchev–Trinajstić information content (AvgIpc) is 3.14. The van der Waals surface area contributed by atoms with E-state index < -0.39 is 0 Å². The monoisotopic (exact) mass is 404 g/mol. The maximum Gasteiger partial charge on any atom is 0.409 e. The van der Waals surface area contributed by atoms with E-state index >= 15 is 0 Å². The molecule has 0 saturated carbocycles. The molecule has 0 aliphatic carbocycles. The molecule has 1 fully saturated rings. The van der Waals surface area contributed by atoms with E-state index in [1.165, 1.54) is 11.8 Å². The predicted octanol–water partition coefficient (Wildman–Crippen LogP) is 1.67. The lowest BCUT2D eigenvalue weighted by atomic mass is 10.1. The summed E-state index contributed by atoms with van der Waals surface area (Å²) in [6, 6.07) is 6.00. The summed E-state index contributed by atoms with van der Waals surface area (Å²) in [5, 5.41) is 12.5. The van der Waals surface area contributed by atoms with Crippen molar-refractivity contribution in [2.75, 3.05) is 38.5 Å². The van der Waals surface area contributed by atoms with Gasteiger partial charge >= 0.3 is 6.09 Å². The Labute approximate surface area is 168 Å². The maximum absolute atomic E-state index is 12.6. The third-order valence-electron chi connectivity index (χ3n) is 4.58. The van der Waals surface area contributed by atoms with Crippen molar-refractivity contribution in [1.82, 2.24) is 30.0 Å². The number of aromatic nitrogens is 4. The van der Waals surface area contributed by atoms with Crippen LogP contribution in [0.2, 0.25) is 0 Å². The highest BCUT2D eigenvalue weighted by atomic mass is 32.2. The van der Waals surface area contributed by atoms with Gasteiger partial charge < -0.3 is 14.5 Å². The second-order valence-corrected chi connectivity index (χ2v) is 7.41. The minimum Gasteiger partial charge on any atom is -0.450 e. The van der Waals surface area contributed by atoms with Crippen LogP contribution in [0.15, 0.2) is 23.4 Å². The van der Waals surface area contributed by atoms with E-state index in [0.29, 0.717) is 37.9 Å². The second-order valence-electron chi connectivity index (χ2n) is 6.47. The van der Waals surface area contributed by atoms with Gasteiger partial charge in [0.25, 0.3) is 0 Å². The molecule has 1 saturated heterocycles. The number of rotatable bonds is 5. The van der Waals surface area contributed by atoms with Crippen molar-refractivity contribution < 1.29 is 14.3 Å². The van der Waals surface area contributed by atoms with E-state index in [2.05, 4.69) is 15.5 Å². The highest BCUT2D eigenvalue weighted by Gasteiger charge is 2.25. The number of hydrogen-bond donors (Lipinski definition) is 0. The van der Waals surface area contributed by atoms with E-state index in [-0.39, 0.29) is 17.8 Å². The van der Waals surface area contributed by atoms with Crippen LogP contribution in [0, 0.1) is 13.8 Å². The van der Waals surface area contributed by atoms with Crippen molar-refractivity contribution in [2.45, 2.75) is 25.9 Å². The molecule has 2 heterocycles. The molecular formula is C18H24N6O3S. The highest BCUT2D eigenvalue weighted by molar-refractivity contribution is 7.99. The van der Waals surface area contributed by atoms with Gasteiger partial charge in [0.05, 0.1) is 18.0 Å². The average molecular weight is 404 g/mol. The zero-order chi connectivity index (χ0) is 20.1. The molecule has 2 aromatic rings. The first kappa shape index (κ1) is 20.1. The molecule has 0 radical (unpaired) electrons. The quantitative estimate of drug-likeness (QED) is 0.700. The number of aryl methyl sites for hydroxylation is 2. The summed E-state index contributed by atoms with van der Waals surface area (Å²) in [6.45, 7) is 8.11. The molecule has 1 aliphatic heterocycles. The van der Waals surface area contributed by atoms with Gasteiger partial charge in [0.1, 0.15) is 0 Å². The molecule has 1 aliphatic rings. The molecule has 9 nitrogen and oxygen atoms in total. The van der Waals surface area contributed by atoms with Crippen molar-refractivity contribution in [2.24, 2.45) is 0 Å². The summed E-state index contributed by atoms with van der Waals surface area (Å²) in [5.74, 6) is 0.245. The van der Waals surface area contributed by atoms with E-state index in [1.807, 2.05) is 32.0 Å². The Morgan fingerprint density at radius 3 is 2.39 bits per heavy atom. The summed E-state index contributed by atoms with van der Waals surface area (Å²) >= 11 is 1.31. The molecule has 0 spiro atoms. The number of para-hydroxylation sites is 1. The van der Waals surface area contributed by atoms with Crippen LogP contribution in [0.3, 0.4) is 0 Å². The molecule has 1 aromatic heterocycles. The molecule has 2 amide bonds. The number of hydrogen-bond acceptors (Lipinski definition) is 7. The van der Waals surface area contributed by atoms with E-state index in [9.17, 15) is 9.59 Å². The third kappa shape index (κ3) is 4.44. The molecule has 10 heteroatoms. The molecule has 28 heavy (non-hydrogen) atoms. The fraction of sp³-hybridized carbons (Fsp3) is 0.500. The largest absolute Gasteiger partial charge is 0.450 e. The minimum absolute atomic E-state index is 0.00423. The molecule has 3 rings (SSSR count). The van der Waals surface area contributed by atoms with Crippen LogP contribution in [0.1, 0.15) is 18.1 Å². The van der Waals surface area contributed by atoms with Gasteiger partial charge in [-0.3, -0.25) is 4.79 Å². The molecule has 0 unspecified atom stereocenters. The smallest absolute Gasteiger partial charge is 0.409 e. The first-order valence-electron chi connectivity index (χ1n) is 9.18. The number of benzene rings is 1. The van der Waals surface area contributed by atoms with Gasteiger partial charge in [-0.1, -0.05) is 30.0 Å². The normalized spacial score (nSPS) is 14.2. The minimum atomic E-state index is -0.322. The van der Waals surface area contributed by atoms with E-state index in [0.717, 1.165) is 16.8 Å². The lowest BCUT2D eigenvalue weighted by Gasteiger charge is -2.34. The number of ether oxygens (including phenoxy) is 1. The number of nitrogens with zero attached hydrogens (tertiary/aromatic N) is 6. The van der Waals surface area contributed by atoms with Gasteiger partial charge in [0.15, 0.2) is 0 Å². The summed E-state index contributed by atoms with van der Waals surface area (Å²) in [5.41, 5.74) is 3.07. The standard InChI is InChI=1S/C18H24N6O3S/c1-4-27-18(26)23-10-8-22(9-11-23)15(25)12-28-17-19-20-21-24(17)16-13(2)6-5-7-14(16)3/h5-7H,4,8-12H2,1-3H3. The Balaban J connectivity index is 1.58. The van der Waals surface area contributed by atoms with Crippen LogP contribution in [0.5, 0.6) is 0 Å². The Morgan fingerprint density at radius 2 is 1.75 bits per heavy atom. The first-order chi connectivity index (χ1) is 13.5. The SMILES string of the molecule is CCOC(=O)N1CCN(C(=O)CSc2nnnn2-c2c(C)cccc2C)CC1. The number of carbonyl (C=O) groups excluding carboxylic acids is 2. The van der Waals surface area contributed by atoms with Crippen molar-refractivity contribution in [1.29, 1.82) is 0 Å². The molecular weight excluding hydrogens is 380 g/mol. The Bertz CT molecular complexity index is 827. The molecule has 0 bridgehead atoms. The van der Waals surface area contributed by atoms with Crippen LogP contribution in [0.4, 0.5) is 4.79 Å². The summed E-state index contributed by atoms with van der Waals surface area (Å²) in [6.07, 6.45) is -0.322. The second kappa shape index (κ2) is 9.05. The Hall–Kier alpha value is -2.62. The first-order valence-corrected chi connectivity index (χ1v) is 10.2. The fourth-order valence-corrected chi connectivity index (χ4v) is 3.90. The molecule has 0 atom stereocenters. The van der Waals surface area contributed by atoms with Crippen LogP contribution >= 0.6 is 11.8 Å². The molecule has 0 N–H and O–H groups in total. The van der Waals surface area contributed by atoms with Crippen LogP contribution in [0.25, 0.3) is 5.69 Å². The van der Waals surface area contributed by atoms with Crippen molar-refractivity contribution in [3.63, 3.8) is 0 Å². The molecule has 150 valence electrons. The molecule has 1 aromatic carbocycles. The maximum atomic E-state index is 12.6. The van der Waals surface area contributed by atoms with E-state index in [1.54, 1.807) is 21.4 Å². The van der Waals surface area contributed by atoms with Crippen molar-refractivity contribution in [3.8, 4) is 5.69 Å². The van der Waals surface area contributed by atoms with Crippen LogP contribution in [-0.2, 0) is 9.53 Å². The van der Waals surface area contributed by atoms with Gasteiger partial charge in [0.2, 0.25) is 11.1 Å². The van der Waals surface area contributed by atoms with Crippen molar-refractivity contribution in [3.05, 3.63) is 29.3 Å². The summed E-state index contributed by atoms with van der Waals surface area (Å²) in [4.78, 5) is 27.7. The van der Waals surface area contributed by atoms with Gasteiger partial charge in [0, 0.05) is 26.2 Å². The topological polar surface area (TPSA) is 93.4 Å². The fourth-order valence-electron chi connectivity index (χ4n) is 3.12. The third-order valence-corrected chi connectivity index (χ3v) is 5.48. The number of piperazine rings is 1. The van der Waals surface area contributed by atoms with Crippen LogP contribution in [-0.4, -0.2) is 80.5 Å². The zero-order valence-electron chi connectivity index (χ0n) is 16.3. The summed E-state index contributed by atoms with van der Waals surface area (Å²) in [7, 11) is 0. The Kier molecular flexibility index (Phi) is 6.50. The van der Waals surface area contributed by atoms with Gasteiger partial charge in [-0.05, 0) is 42.3 Å². The summed E-state index contributed by atoms with van der Waals surface area (Å²) < 4.78 is 6.68. The lowest BCUT2D eigenvalue weighted by Crippen LogP contribution is -2.51. The Morgan fingerprint density at radius 1 is 1.11 bits per heavy atom. The van der Waals surface area contributed by atoms with E-state index in [4.69, 9.17) is 4.74 Å².